The molecule has 100 valence electrons. The summed E-state index contributed by atoms with van der Waals surface area (Å²) in [4.78, 5) is 0. The fourth-order valence-corrected chi connectivity index (χ4v) is 2.46. The number of aliphatic hydroxyl groups is 1. The Kier molecular flexibility index (Phi) is 4.51. The van der Waals surface area contributed by atoms with Gasteiger partial charge in [-0.05, 0) is 48.7 Å². The highest BCUT2D eigenvalue weighted by molar-refractivity contribution is 6.33. The van der Waals surface area contributed by atoms with Crippen molar-refractivity contribution >= 4 is 23.2 Å². The fourth-order valence-electron chi connectivity index (χ4n) is 2.03. The van der Waals surface area contributed by atoms with Crippen LogP contribution in [0, 0.1) is 13.8 Å². The standard InChI is InChI=1S/C16H16Cl2O/c1-10-3-4-12(7-11(10)2)8-16(19)14-9-13(17)5-6-15(14)18/h3-7,9,16,19H,8H2,1-2H3. The molecule has 0 aliphatic heterocycles. The van der Waals surface area contributed by atoms with Crippen molar-refractivity contribution in [3.05, 3.63) is 68.7 Å². The van der Waals surface area contributed by atoms with Crippen molar-refractivity contribution in [2.75, 3.05) is 0 Å². The molecule has 0 saturated heterocycles. The molecule has 1 unspecified atom stereocenters. The predicted octanol–water partition coefficient (Wildman–Crippen LogP) is 4.89. The fraction of sp³-hybridized carbons (Fsp3) is 0.250. The molecule has 1 atom stereocenters. The molecule has 0 heterocycles. The van der Waals surface area contributed by atoms with Crippen LogP contribution in [-0.4, -0.2) is 5.11 Å². The molecule has 0 radical (unpaired) electrons. The second-order valence-electron chi connectivity index (χ2n) is 4.80. The quantitative estimate of drug-likeness (QED) is 0.855. The first kappa shape index (κ1) is 14.4. The molecule has 0 bridgehead atoms. The van der Waals surface area contributed by atoms with Crippen molar-refractivity contribution in [2.24, 2.45) is 0 Å². The van der Waals surface area contributed by atoms with E-state index in [4.69, 9.17) is 23.2 Å². The lowest BCUT2D eigenvalue weighted by Gasteiger charge is -2.14. The van der Waals surface area contributed by atoms with Gasteiger partial charge in [-0.1, -0.05) is 41.4 Å². The second-order valence-corrected chi connectivity index (χ2v) is 5.65. The van der Waals surface area contributed by atoms with Gasteiger partial charge in [0.25, 0.3) is 0 Å². The van der Waals surface area contributed by atoms with Crippen LogP contribution in [0.1, 0.15) is 28.4 Å². The Bertz CT molecular complexity index is 593. The van der Waals surface area contributed by atoms with Gasteiger partial charge in [-0.15, -0.1) is 0 Å². The van der Waals surface area contributed by atoms with Crippen molar-refractivity contribution in [3.63, 3.8) is 0 Å². The van der Waals surface area contributed by atoms with Gasteiger partial charge in [-0.25, -0.2) is 0 Å². The molecule has 1 N–H and O–H groups in total. The molecule has 1 nitrogen and oxygen atoms in total. The minimum Gasteiger partial charge on any atom is -0.388 e. The Balaban J connectivity index is 2.22. The van der Waals surface area contributed by atoms with Crippen molar-refractivity contribution in [1.29, 1.82) is 0 Å². The average molecular weight is 295 g/mol. The van der Waals surface area contributed by atoms with Gasteiger partial charge in [0.2, 0.25) is 0 Å². The van der Waals surface area contributed by atoms with E-state index in [1.165, 1.54) is 11.1 Å². The first-order chi connectivity index (χ1) is 8.97. The normalized spacial score (nSPS) is 12.5. The molecule has 0 aliphatic carbocycles. The largest absolute Gasteiger partial charge is 0.388 e. The number of aryl methyl sites for hydroxylation is 2. The van der Waals surface area contributed by atoms with Gasteiger partial charge in [0.05, 0.1) is 6.10 Å². The van der Waals surface area contributed by atoms with Crippen LogP contribution in [0.4, 0.5) is 0 Å². The van der Waals surface area contributed by atoms with E-state index in [0.29, 0.717) is 22.0 Å². The molecule has 2 aromatic rings. The molecule has 2 rings (SSSR count). The molecule has 0 fully saturated rings. The molecular weight excluding hydrogens is 279 g/mol. The third-order valence-corrected chi connectivity index (χ3v) is 3.90. The van der Waals surface area contributed by atoms with Crippen molar-refractivity contribution < 1.29 is 5.11 Å². The van der Waals surface area contributed by atoms with Gasteiger partial charge < -0.3 is 5.11 Å². The van der Waals surface area contributed by atoms with Gasteiger partial charge >= 0.3 is 0 Å². The number of hydrogen-bond acceptors (Lipinski definition) is 1. The minimum absolute atomic E-state index is 0.529. The lowest BCUT2D eigenvalue weighted by Crippen LogP contribution is -2.03. The van der Waals surface area contributed by atoms with Gasteiger partial charge in [0.1, 0.15) is 0 Å². The molecule has 0 aliphatic rings. The van der Waals surface area contributed by atoms with Crippen LogP contribution < -0.4 is 0 Å². The van der Waals surface area contributed by atoms with Crippen LogP contribution >= 0.6 is 23.2 Å². The number of benzene rings is 2. The first-order valence-corrected chi connectivity index (χ1v) is 6.92. The molecule has 0 saturated carbocycles. The summed E-state index contributed by atoms with van der Waals surface area (Å²) in [5.41, 5.74) is 4.24. The van der Waals surface area contributed by atoms with Crippen molar-refractivity contribution in [2.45, 2.75) is 26.4 Å². The van der Waals surface area contributed by atoms with E-state index in [1.54, 1.807) is 18.2 Å². The van der Waals surface area contributed by atoms with Gasteiger partial charge in [-0.3, -0.25) is 0 Å². The molecule has 0 spiro atoms. The molecular formula is C16H16Cl2O. The van der Waals surface area contributed by atoms with Crippen LogP contribution in [-0.2, 0) is 6.42 Å². The maximum atomic E-state index is 10.3. The molecule has 2 aromatic carbocycles. The van der Waals surface area contributed by atoms with Crippen molar-refractivity contribution in [1.82, 2.24) is 0 Å². The summed E-state index contributed by atoms with van der Waals surface area (Å²) in [6, 6.07) is 11.3. The van der Waals surface area contributed by atoms with Crippen LogP contribution in [0.25, 0.3) is 0 Å². The van der Waals surface area contributed by atoms with Gasteiger partial charge in [0.15, 0.2) is 0 Å². The van der Waals surface area contributed by atoms with Crippen LogP contribution in [0.2, 0.25) is 10.0 Å². The number of hydrogen-bond donors (Lipinski definition) is 1. The van der Waals surface area contributed by atoms with E-state index in [2.05, 4.69) is 26.0 Å². The van der Waals surface area contributed by atoms with E-state index < -0.39 is 6.10 Å². The van der Waals surface area contributed by atoms with E-state index >= 15 is 0 Å². The Morgan fingerprint density at radius 2 is 1.74 bits per heavy atom. The van der Waals surface area contributed by atoms with Crippen LogP contribution in [0.3, 0.4) is 0 Å². The average Bonchev–Trinajstić information content (AvgIpc) is 2.36. The summed E-state index contributed by atoms with van der Waals surface area (Å²) in [6.45, 7) is 4.14. The van der Waals surface area contributed by atoms with E-state index in [0.717, 1.165) is 5.56 Å². The summed E-state index contributed by atoms with van der Waals surface area (Å²) < 4.78 is 0. The molecule has 0 amide bonds. The monoisotopic (exact) mass is 294 g/mol. The predicted molar refractivity (Wildman–Crippen MR) is 81.0 cm³/mol. The topological polar surface area (TPSA) is 20.2 Å². The lowest BCUT2D eigenvalue weighted by molar-refractivity contribution is 0.178. The summed E-state index contributed by atoms with van der Waals surface area (Å²) in [6.07, 6.45) is -0.116. The summed E-state index contributed by atoms with van der Waals surface area (Å²) >= 11 is 12.0. The summed E-state index contributed by atoms with van der Waals surface area (Å²) in [5.74, 6) is 0. The Labute approximate surface area is 123 Å². The second kappa shape index (κ2) is 5.96. The maximum absolute atomic E-state index is 10.3. The maximum Gasteiger partial charge on any atom is 0.0845 e. The van der Waals surface area contributed by atoms with E-state index in [-0.39, 0.29) is 0 Å². The van der Waals surface area contributed by atoms with Crippen LogP contribution in [0.5, 0.6) is 0 Å². The first-order valence-electron chi connectivity index (χ1n) is 6.16. The van der Waals surface area contributed by atoms with E-state index in [1.807, 2.05) is 6.07 Å². The third-order valence-electron chi connectivity index (χ3n) is 3.32. The highest BCUT2D eigenvalue weighted by Gasteiger charge is 2.13. The highest BCUT2D eigenvalue weighted by atomic mass is 35.5. The Hall–Kier alpha value is -1.02. The zero-order chi connectivity index (χ0) is 14.0. The van der Waals surface area contributed by atoms with Crippen molar-refractivity contribution in [3.8, 4) is 0 Å². The smallest absolute Gasteiger partial charge is 0.0845 e. The van der Waals surface area contributed by atoms with Gasteiger partial charge in [0, 0.05) is 22.0 Å². The zero-order valence-corrected chi connectivity index (χ0v) is 12.5. The number of halogens is 2. The molecule has 19 heavy (non-hydrogen) atoms. The molecule has 0 aromatic heterocycles. The highest BCUT2D eigenvalue weighted by Crippen LogP contribution is 2.28. The SMILES string of the molecule is Cc1ccc(CC(O)c2cc(Cl)ccc2Cl)cc1C. The molecule has 3 heteroatoms. The van der Waals surface area contributed by atoms with Crippen LogP contribution in [0.15, 0.2) is 36.4 Å². The lowest BCUT2D eigenvalue weighted by atomic mass is 9.98. The summed E-state index contributed by atoms with van der Waals surface area (Å²) in [5, 5.41) is 11.4. The summed E-state index contributed by atoms with van der Waals surface area (Å²) in [7, 11) is 0. The number of rotatable bonds is 3. The Morgan fingerprint density at radius 1 is 1.00 bits per heavy atom. The third kappa shape index (κ3) is 3.50. The van der Waals surface area contributed by atoms with Gasteiger partial charge in [-0.2, -0.15) is 0 Å². The number of aliphatic hydroxyl groups excluding tert-OH is 1. The van der Waals surface area contributed by atoms with E-state index in [9.17, 15) is 5.11 Å². The Morgan fingerprint density at radius 3 is 2.42 bits per heavy atom. The minimum atomic E-state index is -0.645. The zero-order valence-electron chi connectivity index (χ0n) is 11.0.